The van der Waals surface area contributed by atoms with Crippen molar-refractivity contribution in [2.75, 3.05) is 49.9 Å². The summed E-state index contributed by atoms with van der Waals surface area (Å²) in [5, 5.41) is 15.6. The summed E-state index contributed by atoms with van der Waals surface area (Å²) in [4.78, 5) is 47.6. The Hall–Kier alpha value is -4.15. The van der Waals surface area contributed by atoms with Gasteiger partial charge in [-0.05, 0) is 103 Å². The third-order valence-electron chi connectivity index (χ3n) is 10.0. The lowest BCUT2D eigenvalue weighted by Gasteiger charge is -2.54. The van der Waals surface area contributed by atoms with Gasteiger partial charge in [0.2, 0.25) is 10.0 Å². The van der Waals surface area contributed by atoms with Crippen LogP contribution in [0.25, 0.3) is 0 Å². The van der Waals surface area contributed by atoms with E-state index in [-0.39, 0.29) is 40.5 Å². The zero-order valence-corrected chi connectivity index (χ0v) is 31.1. The predicted octanol–water partition coefficient (Wildman–Crippen LogP) is 4.39. The fraction of sp³-hybridized carbons (Fsp3) is 0.583. The number of hydrogen-bond donors (Lipinski definition) is 3. The largest absolute Gasteiger partial charge is 0.478 e. The van der Waals surface area contributed by atoms with E-state index in [0.717, 1.165) is 71.2 Å². The van der Waals surface area contributed by atoms with Crippen LogP contribution in [0.2, 0.25) is 0 Å². The summed E-state index contributed by atoms with van der Waals surface area (Å²) in [5.74, 6) is -1.11. The van der Waals surface area contributed by atoms with Crippen LogP contribution >= 0.6 is 0 Å². The van der Waals surface area contributed by atoms with Crippen molar-refractivity contribution in [3.8, 4) is 11.5 Å². The first-order valence-electron chi connectivity index (χ1n) is 17.8. The van der Waals surface area contributed by atoms with E-state index < -0.39 is 27.8 Å². The van der Waals surface area contributed by atoms with E-state index >= 15 is 0 Å². The molecule has 2 aliphatic heterocycles. The van der Waals surface area contributed by atoms with Crippen molar-refractivity contribution in [2.45, 2.75) is 78.3 Å². The molecule has 3 aliphatic rings. The number of carbonyl (C=O) groups excluding carboxylic acids is 1. The van der Waals surface area contributed by atoms with E-state index in [0.29, 0.717) is 36.2 Å². The van der Waals surface area contributed by atoms with E-state index in [1.807, 2.05) is 20.8 Å². The highest BCUT2D eigenvalue weighted by atomic mass is 32.2. The summed E-state index contributed by atoms with van der Waals surface area (Å²) in [7, 11) is -3.14. The van der Waals surface area contributed by atoms with Gasteiger partial charge in [0.25, 0.3) is 5.91 Å². The van der Waals surface area contributed by atoms with Crippen molar-refractivity contribution in [2.24, 2.45) is 11.3 Å². The molecule has 1 spiro atoms. The van der Waals surface area contributed by atoms with Gasteiger partial charge in [-0.25, -0.2) is 37.1 Å². The maximum absolute atomic E-state index is 14.2. The molecule has 286 valence electrons. The average molecular weight is 747 g/mol. The number of aromatic nitrogens is 2. The lowest BCUT2D eigenvalue weighted by molar-refractivity contribution is -0.134. The SMILES string of the molecule is CCN(C(=O)c1cc(F)ccc1Oc1cncnc1N1CC2(CCN(CC3CCC(NS(=O)(=O)CC)CC3)CC2)C1)C(C)C.O=C(O)/C=C/C(=O)O. The quantitative estimate of drug-likeness (QED) is 0.246. The molecule has 0 unspecified atom stereocenters. The zero-order valence-electron chi connectivity index (χ0n) is 30.3. The summed E-state index contributed by atoms with van der Waals surface area (Å²) in [6, 6.07) is 4.08. The molecular formula is C36H51FN6O8S. The fourth-order valence-corrected chi connectivity index (χ4v) is 8.05. The second-order valence-corrected chi connectivity index (χ2v) is 16.1. The maximum atomic E-state index is 14.2. The number of nitrogens with zero attached hydrogens (tertiary/aromatic N) is 5. The van der Waals surface area contributed by atoms with Crippen LogP contribution in [0.3, 0.4) is 0 Å². The van der Waals surface area contributed by atoms with Crippen LogP contribution in [0.5, 0.6) is 11.5 Å². The standard InChI is InChI=1S/C32H47FN6O4S.C4H4O4/c1-5-39(23(3)4)31(40)27-17-25(33)9-12-28(27)43-29-18-34-22-35-30(29)38-20-32(21-38)13-15-37(16-14-32)19-24-7-10-26(11-8-24)36-44(41,42)6-2;5-3(6)1-2-4(7)8/h9,12,17-18,22-24,26,36H,5-8,10-11,13-16,19-21H2,1-4H3;1-2H,(H,5,6)(H,7,8)/b;2-1+. The fourth-order valence-electron chi connectivity index (χ4n) is 7.14. The minimum atomic E-state index is -3.14. The molecule has 1 saturated carbocycles. The highest BCUT2D eigenvalue weighted by Gasteiger charge is 2.46. The molecular weight excluding hydrogens is 695 g/mol. The molecule has 2 saturated heterocycles. The predicted molar refractivity (Wildman–Crippen MR) is 193 cm³/mol. The molecule has 1 aliphatic carbocycles. The Bertz CT molecular complexity index is 1670. The monoisotopic (exact) mass is 746 g/mol. The van der Waals surface area contributed by atoms with Gasteiger partial charge >= 0.3 is 11.9 Å². The number of piperidine rings is 1. The van der Waals surface area contributed by atoms with Crippen LogP contribution in [0.4, 0.5) is 10.2 Å². The van der Waals surface area contributed by atoms with Gasteiger partial charge in [-0.2, -0.15) is 0 Å². The maximum Gasteiger partial charge on any atom is 0.328 e. The van der Waals surface area contributed by atoms with E-state index in [2.05, 4.69) is 24.5 Å². The summed E-state index contributed by atoms with van der Waals surface area (Å²) in [6.07, 6.45) is 10.4. The van der Waals surface area contributed by atoms with E-state index in [9.17, 15) is 27.2 Å². The number of amides is 1. The Balaban J connectivity index is 0.000000677. The lowest BCUT2D eigenvalue weighted by atomic mass is 9.71. The first kappa shape index (κ1) is 40.6. The number of carboxylic acids is 2. The first-order chi connectivity index (χ1) is 24.6. The number of aliphatic carboxylic acids is 2. The summed E-state index contributed by atoms with van der Waals surface area (Å²) >= 11 is 0. The Morgan fingerprint density at radius 3 is 2.25 bits per heavy atom. The van der Waals surface area contributed by atoms with E-state index in [4.69, 9.17) is 14.9 Å². The molecule has 0 radical (unpaired) electrons. The third-order valence-corrected chi connectivity index (χ3v) is 11.5. The van der Waals surface area contributed by atoms with Crippen LogP contribution in [0.15, 0.2) is 42.9 Å². The van der Waals surface area contributed by atoms with Crippen LogP contribution in [-0.4, -0.2) is 113 Å². The number of halogens is 1. The van der Waals surface area contributed by atoms with E-state index in [1.165, 1.54) is 24.5 Å². The van der Waals surface area contributed by atoms with Crippen LogP contribution in [0.1, 0.15) is 76.6 Å². The van der Waals surface area contributed by atoms with Crippen molar-refractivity contribution in [1.82, 2.24) is 24.5 Å². The number of hydrogen-bond acceptors (Lipinski definition) is 10. The molecule has 14 nitrogen and oxygen atoms in total. The van der Waals surface area contributed by atoms with Crippen molar-refractivity contribution in [3.05, 3.63) is 54.3 Å². The molecule has 3 fully saturated rings. The molecule has 0 atom stereocenters. The summed E-state index contributed by atoms with van der Waals surface area (Å²) in [5.41, 5.74) is 0.420. The molecule has 2 aromatic rings. The number of carboxylic acid groups (broad SMARTS) is 2. The topological polar surface area (TPSA) is 183 Å². The normalized spacial score (nSPS) is 20.2. The minimum absolute atomic E-state index is 0.0352. The second kappa shape index (κ2) is 18.1. The molecule has 1 amide bonds. The van der Waals surface area contributed by atoms with Crippen LogP contribution in [-0.2, 0) is 19.6 Å². The third kappa shape index (κ3) is 11.2. The number of nitrogens with one attached hydrogen (secondary N) is 1. The van der Waals surface area contributed by atoms with Crippen molar-refractivity contribution in [1.29, 1.82) is 0 Å². The van der Waals surface area contributed by atoms with Crippen molar-refractivity contribution < 1.29 is 42.1 Å². The lowest BCUT2D eigenvalue weighted by Crippen LogP contribution is -2.61. The average Bonchev–Trinajstić information content (AvgIpc) is 3.09. The Kier molecular flexibility index (Phi) is 14.1. The van der Waals surface area contributed by atoms with Gasteiger partial charge in [0, 0.05) is 55.8 Å². The number of carbonyl (C=O) groups is 3. The summed E-state index contributed by atoms with van der Waals surface area (Å²) < 4.78 is 47.2. The second-order valence-electron chi connectivity index (χ2n) is 14.0. The van der Waals surface area contributed by atoms with Crippen LogP contribution in [0, 0.1) is 17.2 Å². The molecule has 3 heterocycles. The number of likely N-dealkylation sites (tertiary alicyclic amines) is 1. The van der Waals surface area contributed by atoms with Gasteiger partial charge in [0.15, 0.2) is 11.6 Å². The van der Waals surface area contributed by atoms with Gasteiger partial charge in [0.1, 0.15) is 17.9 Å². The van der Waals surface area contributed by atoms with Gasteiger partial charge in [-0.3, -0.25) is 4.79 Å². The zero-order chi connectivity index (χ0) is 38.1. The van der Waals surface area contributed by atoms with Crippen molar-refractivity contribution in [3.63, 3.8) is 0 Å². The molecule has 1 aromatic carbocycles. The highest BCUT2D eigenvalue weighted by Crippen LogP contribution is 2.45. The molecule has 5 rings (SSSR count). The molecule has 3 N–H and O–H groups in total. The van der Waals surface area contributed by atoms with Gasteiger partial charge in [-0.15, -0.1) is 0 Å². The first-order valence-corrected chi connectivity index (χ1v) is 19.5. The minimum Gasteiger partial charge on any atom is -0.478 e. The summed E-state index contributed by atoms with van der Waals surface area (Å²) in [6.45, 7) is 12.9. The van der Waals surface area contributed by atoms with Gasteiger partial charge in [0.05, 0.1) is 17.5 Å². The number of anilines is 1. The van der Waals surface area contributed by atoms with Gasteiger partial charge < -0.3 is 29.6 Å². The van der Waals surface area contributed by atoms with E-state index in [1.54, 1.807) is 18.0 Å². The number of rotatable bonds is 13. The smallest absolute Gasteiger partial charge is 0.328 e. The number of sulfonamides is 1. The number of benzene rings is 1. The molecule has 1 aromatic heterocycles. The molecule has 52 heavy (non-hydrogen) atoms. The molecule has 16 heteroatoms. The van der Waals surface area contributed by atoms with Gasteiger partial charge in [-0.1, -0.05) is 0 Å². The number of ether oxygens (including phenoxy) is 1. The van der Waals surface area contributed by atoms with Crippen LogP contribution < -0.4 is 14.4 Å². The highest BCUT2D eigenvalue weighted by molar-refractivity contribution is 7.89. The Morgan fingerprint density at radius 1 is 1.06 bits per heavy atom. The Labute approximate surface area is 305 Å². The molecule has 0 bridgehead atoms. The Morgan fingerprint density at radius 2 is 1.69 bits per heavy atom. The van der Waals surface area contributed by atoms with Crippen molar-refractivity contribution >= 4 is 33.7 Å².